The SMILES string of the molecule is CNC(=O)c1nn(CC2(c3ccc4cc(C)cnc4c3)CCCC2)cc(O)c1=O. The molecule has 1 fully saturated rings. The van der Waals surface area contributed by atoms with Crippen molar-refractivity contribution >= 4 is 16.8 Å². The molecule has 29 heavy (non-hydrogen) atoms. The van der Waals surface area contributed by atoms with Crippen molar-refractivity contribution in [2.75, 3.05) is 7.05 Å². The van der Waals surface area contributed by atoms with E-state index in [9.17, 15) is 14.7 Å². The summed E-state index contributed by atoms with van der Waals surface area (Å²) < 4.78 is 1.53. The minimum Gasteiger partial charge on any atom is -0.503 e. The molecule has 3 aromatic rings. The predicted octanol–water partition coefficient (Wildman–Crippen LogP) is 2.68. The summed E-state index contributed by atoms with van der Waals surface area (Å²) in [6.07, 6.45) is 7.30. The Balaban J connectivity index is 1.77. The normalized spacial score (nSPS) is 15.5. The molecule has 2 N–H and O–H groups in total. The van der Waals surface area contributed by atoms with Crippen LogP contribution in [-0.2, 0) is 12.0 Å². The standard InChI is InChI=1S/C22H24N4O3/c1-14-9-15-5-6-16(10-17(15)24-11-14)22(7-3-4-8-22)13-26-12-18(27)20(28)19(25-26)21(29)23-2/h5-6,9-12,27H,3-4,7-8,13H2,1-2H3,(H,23,29). The Morgan fingerprint density at radius 2 is 2.03 bits per heavy atom. The van der Waals surface area contributed by atoms with E-state index in [1.807, 2.05) is 13.1 Å². The molecule has 1 saturated carbocycles. The number of fused-ring (bicyclic) bond motifs is 1. The Labute approximate surface area is 168 Å². The largest absolute Gasteiger partial charge is 0.503 e. The van der Waals surface area contributed by atoms with E-state index < -0.39 is 17.1 Å². The van der Waals surface area contributed by atoms with Crippen LogP contribution in [0.5, 0.6) is 5.75 Å². The lowest BCUT2D eigenvalue weighted by atomic mass is 9.78. The van der Waals surface area contributed by atoms with E-state index in [-0.39, 0.29) is 11.1 Å². The van der Waals surface area contributed by atoms with Gasteiger partial charge in [-0.3, -0.25) is 19.3 Å². The Kier molecular flexibility index (Phi) is 4.82. The van der Waals surface area contributed by atoms with Gasteiger partial charge in [-0.1, -0.05) is 25.0 Å². The molecule has 1 amide bonds. The van der Waals surface area contributed by atoms with Gasteiger partial charge in [0.05, 0.1) is 18.3 Å². The van der Waals surface area contributed by atoms with Crippen LogP contribution in [0, 0.1) is 6.92 Å². The molecule has 7 nitrogen and oxygen atoms in total. The number of hydrogen-bond donors (Lipinski definition) is 2. The number of amides is 1. The van der Waals surface area contributed by atoms with E-state index in [0.717, 1.165) is 42.1 Å². The molecule has 1 aromatic carbocycles. The maximum Gasteiger partial charge on any atom is 0.275 e. The summed E-state index contributed by atoms with van der Waals surface area (Å²) in [5.74, 6) is -1.08. The fraction of sp³-hybridized carbons (Fsp3) is 0.364. The van der Waals surface area contributed by atoms with Gasteiger partial charge in [0.1, 0.15) is 0 Å². The van der Waals surface area contributed by atoms with Crippen molar-refractivity contribution in [1.82, 2.24) is 20.1 Å². The summed E-state index contributed by atoms with van der Waals surface area (Å²) in [4.78, 5) is 28.6. The quantitative estimate of drug-likeness (QED) is 0.711. The highest BCUT2D eigenvalue weighted by Crippen LogP contribution is 2.43. The molecular formula is C22H24N4O3. The number of pyridine rings is 1. The summed E-state index contributed by atoms with van der Waals surface area (Å²) in [7, 11) is 1.43. The van der Waals surface area contributed by atoms with Crippen LogP contribution in [0.3, 0.4) is 0 Å². The van der Waals surface area contributed by atoms with Crippen molar-refractivity contribution in [3.05, 3.63) is 63.7 Å². The second kappa shape index (κ2) is 7.31. The number of carbonyl (C=O) groups is 1. The first-order valence-electron chi connectivity index (χ1n) is 9.82. The maximum atomic E-state index is 12.1. The zero-order chi connectivity index (χ0) is 20.6. The summed E-state index contributed by atoms with van der Waals surface area (Å²) in [6.45, 7) is 2.50. The Bertz CT molecular complexity index is 1150. The fourth-order valence-electron chi connectivity index (χ4n) is 4.33. The molecule has 0 saturated heterocycles. The third-order valence-corrected chi connectivity index (χ3v) is 5.85. The van der Waals surface area contributed by atoms with Gasteiger partial charge in [0.15, 0.2) is 11.4 Å². The van der Waals surface area contributed by atoms with Gasteiger partial charge in [0.25, 0.3) is 11.3 Å². The van der Waals surface area contributed by atoms with E-state index in [4.69, 9.17) is 0 Å². The molecule has 2 heterocycles. The summed E-state index contributed by atoms with van der Waals surface area (Å²) in [6, 6.07) is 8.47. The number of carbonyl (C=O) groups excluding carboxylic acids is 1. The van der Waals surface area contributed by atoms with Crippen molar-refractivity contribution in [3.63, 3.8) is 0 Å². The molecular weight excluding hydrogens is 368 g/mol. The van der Waals surface area contributed by atoms with E-state index in [0.29, 0.717) is 6.54 Å². The maximum absolute atomic E-state index is 12.1. The Morgan fingerprint density at radius 1 is 1.28 bits per heavy atom. The monoisotopic (exact) mass is 392 g/mol. The fourth-order valence-corrected chi connectivity index (χ4v) is 4.33. The second-order valence-electron chi connectivity index (χ2n) is 7.88. The van der Waals surface area contributed by atoms with Crippen LogP contribution in [0.2, 0.25) is 0 Å². The van der Waals surface area contributed by atoms with Gasteiger partial charge >= 0.3 is 0 Å². The Hall–Kier alpha value is -3.22. The summed E-state index contributed by atoms with van der Waals surface area (Å²) in [5.41, 5.74) is 1.99. The summed E-state index contributed by atoms with van der Waals surface area (Å²) >= 11 is 0. The lowest BCUT2D eigenvalue weighted by Crippen LogP contribution is -2.33. The van der Waals surface area contributed by atoms with Gasteiger partial charge in [0, 0.05) is 24.0 Å². The molecule has 1 aliphatic rings. The van der Waals surface area contributed by atoms with Crippen LogP contribution >= 0.6 is 0 Å². The van der Waals surface area contributed by atoms with Crippen LogP contribution in [0.15, 0.2) is 41.5 Å². The molecule has 0 atom stereocenters. The highest BCUT2D eigenvalue weighted by Gasteiger charge is 2.37. The smallest absolute Gasteiger partial charge is 0.275 e. The van der Waals surface area contributed by atoms with Crippen LogP contribution in [0.4, 0.5) is 0 Å². The molecule has 0 bridgehead atoms. The number of nitrogens with zero attached hydrogens (tertiary/aromatic N) is 3. The third-order valence-electron chi connectivity index (χ3n) is 5.85. The number of nitrogens with one attached hydrogen (secondary N) is 1. The van der Waals surface area contributed by atoms with Gasteiger partial charge in [-0.05, 0) is 43.0 Å². The van der Waals surface area contributed by atoms with Crippen molar-refractivity contribution < 1.29 is 9.90 Å². The first kappa shape index (κ1) is 19.1. The second-order valence-corrected chi connectivity index (χ2v) is 7.88. The lowest BCUT2D eigenvalue weighted by molar-refractivity contribution is 0.0953. The number of aromatic hydroxyl groups is 1. The van der Waals surface area contributed by atoms with Crippen LogP contribution in [0.1, 0.15) is 47.3 Å². The van der Waals surface area contributed by atoms with Crippen molar-refractivity contribution in [2.45, 2.75) is 44.6 Å². The molecule has 1 aliphatic carbocycles. The number of benzene rings is 1. The zero-order valence-electron chi connectivity index (χ0n) is 16.6. The Morgan fingerprint density at radius 3 is 2.76 bits per heavy atom. The highest BCUT2D eigenvalue weighted by molar-refractivity contribution is 5.92. The highest BCUT2D eigenvalue weighted by atomic mass is 16.3. The molecule has 0 spiro atoms. The average molecular weight is 392 g/mol. The average Bonchev–Trinajstić information content (AvgIpc) is 3.19. The first-order valence-corrected chi connectivity index (χ1v) is 9.82. The topological polar surface area (TPSA) is 97.1 Å². The van der Waals surface area contributed by atoms with Crippen LogP contribution in [-0.4, -0.2) is 32.8 Å². The van der Waals surface area contributed by atoms with Gasteiger partial charge < -0.3 is 10.4 Å². The number of aromatic nitrogens is 3. The minimum absolute atomic E-state index is 0.185. The van der Waals surface area contributed by atoms with Gasteiger partial charge in [-0.2, -0.15) is 5.10 Å². The summed E-state index contributed by atoms with van der Waals surface area (Å²) in [5, 5.41) is 17.8. The lowest BCUT2D eigenvalue weighted by Gasteiger charge is -2.30. The van der Waals surface area contributed by atoms with Crippen molar-refractivity contribution in [3.8, 4) is 5.75 Å². The number of aryl methyl sites for hydroxylation is 1. The third kappa shape index (κ3) is 3.48. The molecule has 2 aromatic heterocycles. The van der Waals surface area contributed by atoms with Crippen molar-refractivity contribution in [2.24, 2.45) is 0 Å². The van der Waals surface area contributed by atoms with E-state index >= 15 is 0 Å². The van der Waals surface area contributed by atoms with Gasteiger partial charge in [-0.15, -0.1) is 0 Å². The zero-order valence-corrected chi connectivity index (χ0v) is 16.6. The molecule has 7 heteroatoms. The number of hydrogen-bond acceptors (Lipinski definition) is 5. The van der Waals surface area contributed by atoms with E-state index in [1.165, 1.54) is 23.5 Å². The predicted molar refractivity (Wildman–Crippen MR) is 110 cm³/mol. The molecule has 0 radical (unpaired) electrons. The molecule has 0 unspecified atom stereocenters. The van der Waals surface area contributed by atoms with Gasteiger partial charge in [-0.25, -0.2) is 0 Å². The minimum atomic E-state index is -0.758. The first-order chi connectivity index (χ1) is 13.9. The molecule has 150 valence electrons. The molecule has 4 rings (SSSR count). The van der Waals surface area contributed by atoms with E-state index in [2.05, 4.69) is 39.7 Å². The van der Waals surface area contributed by atoms with Crippen molar-refractivity contribution in [1.29, 1.82) is 0 Å². The number of rotatable bonds is 4. The molecule has 0 aliphatic heterocycles. The van der Waals surface area contributed by atoms with Gasteiger partial charge in [0.2, 0.25) is 0 Å². The van der Waals surface area contributed by atoms with E-state index in [1.54, 1.807) is 0 Å². The van der Waals surface area contributed by atoms with Crippen LogP contribution in [0.25, 0.3) is 10.9 Å². The van der Waals surface area contributed by atoms with Crippen LogP contribution < -0.4 is 10.7 Å².